The first-order valence-corrected chi connectivity index (χ1v) is 8.62. The van der Waals surface area contributed by atoms with Crippen LogP contribution < -0.4 is 11.2 Å². The van der Waals surface area contributed by atoms with Gasteiger partial charge in [0, 0.05) is 26.7 Å². The summed E-state index contributed by atoms with van der Waals surface area (Å²) in [5.41, 5.74) is 0.346. The van der Waals surface area contributed by atoms with Crippen LogP contribution >= 0.6 is 0 Å². The average molecular weight is 344 g/mol. The van der Waals surface area contributed by atoms with E-state index in [0.29, 0.717) is 18.9 Å². The van der Waals surface area contributed by atoms with E-state index >= 15 is 0 Å². The molecule has 1 aromatic heterocycles. The van der Waals surface area contributed by atoms with E-state index in [1.807, 2.05) is 65.2 Å². The quantitative estimate of drug-likeness (QED) is 0.598. The molecule has 0 unspecified atom stereocenters. The lowest BCUT2D eigenvalue weighted by Gasteiger charge is -2.13. The zero-order valence-electron chi connectivity index (χ0n) is 15.8. The Bertz CT molecular complexity index is 789. The van der Waals surface area contributed by atoms with Gasteiger partial charge in [0.2, 0.25) is 0 Å². The molecule has 1 heterocycles. The van der Waals surface area contributed by atoms with Crippen molar-refractivity contribution >= 4 is 12.2 Å². The van der Waals surface area contributed by atoms with Gasteiger partial charge in [-0.15, -0.1) is 0 Å². The van der Waals surface area contributed by atoms with Crippen LogP contribution in [0.4, 0.5) is 5.82 Å². The summed E-state index contributed by atoms with van der Waals surface area (Å²) in [7, 11) is 3.67. The monoisotopic (exact) mass is 344 g/mol. The fourth-order valence-electron chi connectivity index (χ4n) is 2.23. The predicted molar refractivity (Wildman–Crippen MR) is 104 cm³/mol. The van der Waals surface area contributed by atoms with Gasteiger partial charge in [-0.25, -0.2) is 9.79 Å². The maximum absolute atomic E-state index is 12.7. The van der Waals surface area contributed by atoms with Crippen LogP contribution in [0.15, 0.2) is 51.0 Å². The lowest BCUT2D eigenvalue weighted by Crippen LogP contribution is -2.39. The summed E-state index contributed by atoms with van der Waals surface area (Å²) < 4.78 is 2.80. The average Bonchev–Trinajstić information content (AvgIpc) is 2.62. The van der Waals surface area contributed by atoms with Crippen molar-refractivity contribution in [3.8, 4) is 0 Å². The molecular weight excluding hydrogens is 316 g/mol. The topological polar surface area (TPSA) is 59.6 Å². The predicted octanol–water partition coefficient (Wildman–Crippen LogP) is 2.72. The summed E-state index contributed by atoms with van der Waals surface area (Å²) >= 11 is 0. The molecule has 0 bridgehead atoms. The second-order valence-electron chi connectivity index (χ2n) is 5.55. The van der Waals surface area contributed by atoms with Crippen LogP contribution in [0.2, 0.25) is 0 Å². The minimum atomic E-state index is -0.325. The van der Waals surface area contributed by atoms with Gasteiger partial charge in [0.05, 0.1) is 12.9 Å². The minimum Gasteiger partial charge on any atom is -0.369 e. The molecule has 6 nitrogen and oxygen atoms in total. The Morgan fingerprint density at radius 3 is 2.28 bits per heavy atom. The van der Waals surface area contributed by atoms with Crippen molar-refractivity contribution in [2.45, 2.75) is 40.3 Å². The molecule has 6 heteroatoms. The van der Waals surface area contributed by atoms with E-state index in [9.17, 15) is 9.59 Å². The van der Waals surface area contributed by atoms with Crippen LogP contribution in [0.25, 0.3) is 0 Å². The van der Waals surface area contributed by atoms with Crippen molar-refractivity contribution in [1.82, 2.24) is 14.0 Å². The van der Waals surface area contributed by atoms with Gasteiger partial charge in [0.15, 0.2) is 0 Å². The van der Waals surface area contributed by atoms with Crippen molar-refractivity contribution < 1.29 is 0 Å². The molecule has 0 saturated heterocycles. The molecule has 2 aromatic rings. The van der Waals surface area contributed by atoms with Crippen molar-refractivity contribution in [3.05, 3.63) is 62.8 Å². The Labute approximate surface area is 149 Å². The zero-order chi connectivity index (χ0) is 18.8. The highest BCUT2D eigenvalue weighted by Gasteiger charge is 2.11. The lowest BCUT2D eigenvalue weighted by atomic mass is 10.2. The molecule has 1 aromatic carbocycles. The molecule has 0 radical (unpaired) electrons. The summed E-state index contributed by atoms with van der Waals surface area (Å²) in [6.07, 6.45) is 2.31. The van der Waals surface area contributed by atoms with E-state index in [4.69, 9.17) is 0 Å². The highest BCUT2D eigenvalue weighted by atomic mass is 16.2. The summed E-state index contributed by atoms with van der Waals surface area (Å²) in [6.45, 7) is 6.72. The van der Waals surface area contributed by atoms with Crippen molar-refractivity contribution in [2.24, 2.45) is 4.99 Å². The molecular formula is C19H28N4O2. The van der Waals surface area contributed by atoms with Gasteiger partial charge in [0.1, 0.15) is 5.82 Å². The molecule has 0 saturated carbocycles. The van der Waals surface area contributed by atoms with E-state index in [1.54, 1.807) is 11.2 Å². The molecule has 25 heavy (non-hydrogen) atoms. The number of nitrogens with zero attached hydrogens (tertiary/aromatic N) is 4. The standard InChI is InChI=1S/C17H22N4O2.C2H6/c1-4-10-20-16(22)11-15(18-13-19(2)3)21(17(20)23)12-14-8-6-5-7-9-14;1-2/h5-9,11,13H,4,10,12H2,1-3H3;1-2H3/b18-13-;. The van der Waals surface area contributed by atoms with E-state index in [0.717, 1.165) is 12.0 Å². The molecule has 0 spiro atoms. The first kappa shape index (κ1) is 20.4. The third-order valence-electron chi connectivity index (χ3n) is 3.31. The fraction of sp³-hybridized carbons (Fsp3) is 0.421. The van der Waals surface area contributed by atoms with Crippen molar-refractivity contribution in [2.75, 3.05) is 14.1 Å². The number of aromatic nitrogens is 2. The normalized spacial score (nSPS) is 10.4. The van der Waals surface area contributed by atoms with Gasteiger partial charge in [-0.3, -0.25) is 13.9 Å². The van der Waals surface area contributed by atoms with Crippen LogP contribution in [0.3, 0.4) is 0 Å². The van der Waals surface area contributed by atoms with E-state index in [-0.39, 0.29) is 11.2 Å². The molecule has 136 valence electrons. The van der Waals surface area contributed by atoms with E-state index in [2.05, 4.69) is 4.99 Å². The summed E-state index contributed by atoms with van der Waals surface area (Å²) in [4.78, 5) is 30.9. The first-order chi connectivity index (χ1) is 12.0. The van der Waals surface area contributed by atoms with Crippen LogP contribution in [-0.2, 0) is 13.1 Å². The third kappa shape index (κ3) is 5.74. The second kappa shape index (κ2) is 10.3. The number of benzene rings is 1. The zero-order valence-corrected chi connectivity index (χ0v) is 15.8. The second-order valence-corrected chi connectivity index (χ2v) is 5.55. The van der Waals surface area contributed by atoms with Gasteiger partial charge in [0.25, 0.3) is 5.56 Å². The van der Waals surface area contributed by atoms with E-state index < -0.39 is 0 Å². The summed E-state index contributed by atoms with van der Waals surface area (Å²) in [5, 5.41) is 0. The Balaban J connectivity index is 0.00000151. The largest absolute Gasteiger partial charge is 0.369 e. The van der Waals surface area contributed by atoms with Crippen LogP contribution in [0.1, 0.15) is 32.8 Å². The molecule has 0 amide bonds. The Morgan fingerprint density at radius 1 is 1.08 bits per heavy atom. The van der Waals surface area contributed by atoms with Gasteiger partial charge in [-0.2, -0.15) is 0 Å². The molecule has 0 fully saturated rings. The highest BCUT2D eigenvalue weighted by molar-refractivity contribution is 5.59. The van der Waals surface area contributed by atoms with Gasteiger partial charge in [-0.1, -0.05) is 51.1 Å². The molecule has 0 aliphatic rings. The Kier molecular flexibility index (Phi) is 8.39. The minimum absolute atomic E-state index is 0.313. The molecule has 0 atom stereocenters. The van der Waals surface area contributed by atoms with Crippen molar-refractivity contribution in [1.29, 1.82) is 0 Å². The maximum atomic E-state index is 12.7. The van der Waals surface area contributed by atoms with Crippen molar-refractivity contribution in [3.63, 3.8) is 0 Å². The van der Waals surface area contributed by atoms with Crippen LogP contribution in [0, 0.1) is 0 Å². The van der Waals surface area contributed by atoms with Gasteiger partial charge >= 0.3 is 5.69 Å². The van der Waals surface area contributed by atoms with Gasteiger partial charge < -0.3 is 4.90 Å². The fourth-order valence-corrected chi connectivity index (χ4v) is 2.23. The summed E-state index contributed by atoms with van der Waals surface area (Å²) in [5.74, 6) is 0.366. The number of hydrogen-bond donors (Lipinski definition) is 0. The third-order valence-corrected chi connectivity index (χ3v) is 3.31. The SMILES string of the molecule is CC.CCCn1c(=O)cc(/N=C\N(C)C)n(Cc2ccccc2)c1=O. The molecule has 0 N–H and O–H groups in total. The van der Waals surface area contributed by atoms with E-state index in [1.165, 1.54) is 15.2 Å². The van der Waals surface area contributed by atoms with Gasteiger partial charge in [-0.05, 0) is 12.0 Å². The highest BCUT2D eigenvalue weighted by Crippen LogP contribution is 2.10. The maximum Gasteiger partial charge on any atom is 0.332 e. The lowest BCUT2D eigenvalue weighted by molar-refractivity contribution is 0.567. The number of hydrogen-bond acceptors (Lipinski definition) is 3. The van der Waals surface area contributed by atoms with Crippen LogP contribution in [-0.4, -0.2) is 34.5 Å². The number of rotatable bonds is 6. The molecule has 2 rings (SSSR count). The van der Waals surface area contributed by atoms with Crippen LogP contribution in [0.5, 0.6) is 0 Å². The first-order valence-electron chi connectivity index (χ1n) is 8.62. The smallest absolute Gasteiger partial charge is 0.332 e. The Morgan fingerprint density at radius 2 is 1.72 bits per heavy atom. The Hall–Kier alpha value is -2.63. The number of aliphatic imine (C=N–C) groups is 1. The molecule has 0 aliphatic carbocycles. The molecule has 0 aliphatic heterocycles. The summed E-state index contributed by atoms with van der Waals surface area (Å²) in [6, 6.07) is 11.1.